The summed E-state index contributed by atoms with van der Waals surface area (Å²) in [6.45, 7) is 5.73. The van der Waals surface area contributed by atoms with Gasteiger partial charge in [-0.2, -0.15) is 0 Å². The Labute approximate surface area is 116 Å². The number of halogens is 1. The van der Waals surface area contributed by atoms with Crippen LogP contribution in [-0.4, -0.2) is 11.8 Å². The Hall–Kier alpha value is -1.55. The molecule has 5 heteroatoms. The van der Waals surface area contributed by atoms with Crippen molar-refractivity contribution in [3.63, 3.8) is 0 Å². The number of fused-ring (bicyclic) bond motifs is 1. The monoisotopic (exact) mass is 278 g/mol. The molecule has 1 aliphatic carbocycles. The molecule has 4 nitrogen and oxygen atoms in total. The summed E-state index contributed by atoms with van der Waals surface area (Å²) in [6.07, 6.45) is 0. The first kappa shape index (κ1) is 12.5. The number of aryl methyl sites for hydroxylation is 1. The number of benzene rings is 1. The molecule has 2 N–H and O–H groups in total. The minimum absolute atomic E-state index is 0.121. The maximum absolute atomic E-state index is 12.4. The highest BCUT2D eigenvalue weighted by Gasteiger charge is 2.72. The van der Waals surface area contributed by atoms with Crippen LogP contribution in [0.2, 0.25) is 5.02 Å². The van der Waals surface area contributed by atoms with Gasteiger partial charge in [0.25, 0.3) is 0 Å². The SMILES string of the molecule is Cc1cc(N)c(Cl)cc1N1C(=O)C2C(C1=O)C2(C)C. The van der Waals surface area contributed by atoms with Gasteiger partial charge in [-0.3, -0.25) is 9.59 Å². The molecule has 0 radical (unpaired) electrons. The highest BCUT2D eigenvalue weighted by atomic mass is 35.5. The summed E-state index contributed by atoms with van der Waals surface area (Å²) in [5.41, 5.74) is 7.30. The van der Waals surface area contributed by atoms with E-state index in [0.29, 0.717) is 16.4 Å². The summed E-state index contributed by atoms with van der Waals surface area (Å²) in [7, 11) is 0. The van der Waals surface area contributed by atoms with Crippen molar-refractivity contribution in [1.29, 1.82) is 0 Å². The number of carbonyl (C=O) groups excluding carboxylic acids is 2. The van der Waals surface area contributed by atoms with Crippen molar-refractivity contribution in [2.45, 2.75) is 20.8 Å². The topological polar surface area (TPSA) is 63.4 Å². The smallest absolute Gasteiger partial charge is 0.238 e. The van der Waals surface area contributed by atoms with Crippen molar-refractivity contribution in [3.05, 3.63) is 22.7 Å². The molecule has 1 saturated carbocycles. The molecule has 1 aliphatic heterocycles. The number of imide groups is 1. The molecule has 2 aliphatic rings. The number of nitrogens with two attached hydrogens (primary N) is 1. The zero-order valence-corrected chi connectivity index (χ0v) is 11.8. The maximum atomic E-state index is 12.4. The van der Waals surface area contributed by atoms with Gasteiger partial charge in [-0.1, -0.05) is 25.4 Å². The van der Waals surface area contributed by atoms with Crippen molar-refractivity contribution in [1.82, 2.24) is 0 Å². The minimum Gasteiger partial charge on any atom is -0.398 e. The third-order valence-corrected chi connectivity index (χ3v) is 4.68. The highest BCUT2D eigenvalue weighted by molar-refractivity contribution is 6.34. The van der Waals surface area contributed by atoms with Gasteiger partial charge in [0.2, 0.25) is 11.8 Å². The zero-order valence-electron chi connectivity index (χ0n) is 11.0. The van der Waals surface area contributed by atoms with E-state index in [1.165, 1.54) is 4.90 Å². The largest absolute Gasteiger partial charge is 0.398 e. The van der Waals surface area contributed by atoms with Crippen molar-refractivity contribution < 1.29 is 9.59 Å². The van der Waals surface area contributed by atoms with Crippen LogP contribution in [0.3, 0.4) is 0 Å². The molecular weight excluding hydrogens is 264 g/mol. The molecule has 1 aromatic rings. The molecule has 2 atom stereocenters. The number of hydrogen-bond acceptors (Lipinski definition) is 3. The van der Waals surface area contributed by atoms with E-state index in [1.807, 2.05) is 20.8 Å². The normalized spacial score (nSPS) is 27.7. The second-order valence-corrected chi connectivity index (χ2v) is 6.36. The molecule has 1 aromatic carbocycles. The first-order valence-corrected chi connectivity index (χ1v) is 6.58. The molecule has 2 amide bonds. The van der Waals surface area contributed by atoms with Gasteiger partial charge in [0.05, 0.1) is 28.2 Å². The van der Waals surface area contributed by atoms with E-state index in [4.69, 9.17) is 17.3 Å². The molecule has 0 spiro atoms. The third-order valence-electron chi connectivity index (χ3n) is 4.36. The molecule has 1 saturated heterocycles. The Morgan fingerprint density at radius 3 is 2.26 bits per heavy atom. The van der Waals surface area contributed by atoms with Crippen LogP contribution in [0.15, 0.2) is 12.1 Å². The Morgan fingerprint density at radius 1 is 1.21 bits per heavy atom. The van der Waals surface area contributed by atoms with Gasteiger partial charge in [0.15, 0.2) is 0 Å². The van der Waals surface area contributed by atoms with E-state index in [1.54, 1.807) is 12.1 Å². The molecule has 3 rings (SSSR count). The second-order valence-electron chi connectivity index (χ2n) is 5.95. The van der Waals surface area contributed by atoms with Gasteiger partial charge in [-0.05, 0) is 30.0 Å². The lowest BCUT2D eigenvalue weighted by Crippen LogP contribution is -2.36. The fourth-order valence-corrected chi connectivity index (χ4v) is 3.28. The van der Waals surface area contributed by atoms with E-state index in [2.05, 4.69) is 0 Å². The van der Waals surface area contributed by atoms with Crippen molar-refractivity contribution in [3.8, 4) is 0 Å². The molecule has 0 aromatic heterocycles. The summed E-state index contributed by atoms with van der Waals surface area (Å²) in [5.74, 6) is -0.612. The molecule has 2 unspecified atom stereocenters. The summed E-state index contributed by atoms with van der Waals surface area (Å²) < 4.78 is 0. The second kappa shape index (κ2) is 3.51. The minimum atomic E-state index is -0.198. The lowest BCUT2D eigenvalue weighted by atomic mass is 10.0. The van der Waals surface area contributed by atoms with Crippen LogP contribution in [0, 0.1) is 24.2 Å². The number of anilines is 2. The number of piperidine rings is 1. The summed E-state index contributed by atoms with van der Waals surface area (Å²) >= 11 is 5.99. The van der Waals surface area contributed by atoms with E-state index in [9.17, 15) is 9.59 Å². The first-order chi connectivity index (χ1) is 8.76. The van der Waals surface area contributed by atoms with Crippen LogP contribution in [0.25, 0.3) is 0 Å². The third kappa shape index (κ3) is 1.46. The van der Waals surface area contributed by atoms with Crippen LogP contribution in [0.4, 0.5) is 11.4 Å². The van der Waals surface area contributed by atoms with Gasteiger partial charge >= 0.3 is 0 Å². The van der Waals surface area contributed by atoms with Crippen molar-refractivity contribution in [2.75, 3.05) is 10.6 Å². The van der Waals surface area contributed by atoms with E-state index >= 15 is 0 Å². The molecule has 19 heavy (non-hydrogen) atoms. The molecule has 2 fully saturated rings. The lowest BCUT2D eigenvalue weighted by Gasteiger charge is -2.22. The quantitative estimate of drug-likeness (QED) is 0.634. The molecule has 100 valence electrons. The summed E-state index contributed by atoms with van der Waals surface area (Å²) in [4.78, 5) is 26.0. The van der Waals surface area contributed by atoms with Crippen LogP contribution >= 0.6 is 11.6 Å². The van der Waals surface area contributed by atoms with Gasteiger partial charge < -0.3 is 5.73 Å². The Morgan fingerprint density at radius 2 is 1.74 bits per heavy atom. The number of carbonyl (C=O) groups is 2. The van der Waals surface area contributed by atoms with Gasteiger partial charge in [-0.25, -0.2) is 4.90 Å². The Kier molecular flexibility index (Phi) is 2.31. The average molecular weight is 279 g/mol. The lowest BCUT2D eigenvalue weighted by molar-refractivity contribution is -0.125. The fourth-order valence-electron chi connectivity index (χ4n) is 3.12. The van der Waals surface area contributed by atoms with Crippen LogP contribution in [-0.2, 0) is 9.59 Å². The van der Waals surface area contributed by atoms with E-state index < -0.39 is 0 Å². The number of rotatable bonds is 1. The first-order valence-electron chi connectivity index (χ1n) is 6.20. The number of hydrogen-bond donors (Lipinski definition) is 1. The molecule has 0 bridgehead atoms. The van der Waals surface area contributed by atoms with Gasteiger partial charge in [-0.15, -0.1) is 0 Å². The van der Waals surface area contributed by atoms with Crippen molar-refractivity contribution in [2.24, 2.45) is 17.3 Å². The van der Waals surface area contributed by atoms with Crippen LogP contribution in [0.1, 0.15) is 19.4 Å². The van der Waals surface area contributed by atoms with Crippen LogP contribution in [0.5, 0.6) is 0 Å². The average Bonchev–Trinajstić information content (AvgIpc) is 2.76. The zero-order chi connectivity index (χ0) is 14.1. The standard InChI is InChI=1S/C14H15ClN2O2/c1-6-4-8(16)7(15)5-9(6)17-12(18)10-11(13(17)19)14(10,2)3/h4-5,10-11H,16H2,1-3H3. The van der Waals surface area contributed by atoms with Crippen molar-refractivity contribution >= 4 is 34.8 Å². The fraction of sp³-hybridized carbons (Fsp3) is 0.429. The van der Waals surface area contributed by atoms with Gasteiger partial charge in [0, 0.05) is 0 Å². The summed E-state index contributed by atoms with van der Waals surface area (Å²) in [5, 5.41) is 0.362. The maximum Gasteiger partial charge on any atom is 0.238 e. The number of nitrogens with zero attached hydrogens (tertiary/aromatic N) is 1. The molecule has 1 heterocycles. The van der Waals surface area contributed by atoms with E-state index in [-0.39, 0.29) is 29.1 Å². The van der Waals surface area contributed by atoms with Crippen LogP contribution < -0.4 is 10.6 Å². The number of amides is 2. The highest BCUT2D eigenvalue weighted by Crippen LogP contribution is 2.63. The predicted molar refractivity (Wildman–Crippen MR) is 73.9 cm³/mol. The number of nitrogen functional groups attached to an aromatic ring is 1. The summed E-state index contributed by atoms with van der Waals surface area (Å²) in [6, 6.07) is 3.28. The van der Waals surface area contributed by atoms with Gasteiger partial charge in [0.1, 0.15) is 0 Å². The Bertz CT molecular complexity index is 600. The Balaban J connectivity index is 2.04. The van der Waals surface area contributed by atoms with E-state index in [0.717, 1.165) is 5.56 Å². The predicted octanol–water partition coefficient (Wildman–Crippen LogP) is 2.38. The molecular formula is C14H15ClN2O2.